The standard InChI is InChI=1S/C15H17Cl3N2O3S/c1-3-23-12(21)10-11(9-6-4-8(2)5-7-9)19-13(24)20-14(10,22)15(16,17)18/h4-7,10-11,22H,3H2,1-2H3,(H2,19,20,24)/t10-,11+,14-/m0/s1. The minimum Gasteiger partial charge on any atom is -0.466 e. The van der Waals surface area contributed by atoms with Gasteiger partial charge in [-0.1, -0.05) is 64.6 Å². The van der Waals surface area contributed by atoms with Crippen molar-refractivity contribution in [2.45, 2.75) is 29.4 Å². The first kappa shape index (κ1) is 19.5. The largest absolute Gasteiger partial charge is 0.466 e. The monoisotopic (exact) mass is 410 g/mol. The summed E-state index contributed by atoms with van der Waals surface area (Å²) in [5, 5.41) is 16.5. The van der Waals surface area contributed by atoms with Gasteiger partial charge >= 0.3 is 5.97 Å². The Morgan fingerprint density at radius 2 is 1.96 bits per heavy atom. The quantitative estimate of drug-likeness (QED) is 0.404. The molecule has 5 nitrogen and oxygen atoms in total. The number of thiocarbonyl (C=S) groups is 1. The smallest absolute Gasteiger partial charge is 0.316 e. The Balaban J connectivity index is 2.55. The van der Waals surface area contributed by atoms with E-state index in [4.69, 9.17) is 51.8 Å². The third-order valence-corrected chi connectivity index (χ3v) is 4.87. The Morgan fingerprint density at radius 3 is 2.46 bits per heavy atom. The van der Waals surface area contributed by atoms with E-state index in [0.29, 0.717) is 5.56 Å². The summed E-state index contributed by atoms with van der Waals surface area (Å²) < 4.78 is 2.86. The molecule has 0 radical (unpaired) electrons. The van der Waals surface area contributed by atoms with Gasteiger partial charge in [-0.3, -0.25) is 4.79 Å². The molecule has 0 aliphatic carbocycles. The molecule has 3 atom stereocenters. The van der Waals surface area contributed by atoms with Crippen LogP contribution in [0.4, 0.5) is 0 Å². The summed E-state index contributed by atoms with van der Waals surface area (Å²) >= 11 is 23.0. The van der Waals surface area contributed by atoms with Gasteiger partial charge in [-0.25, -0.2) is 0 Å². The summed E-state index contributed by atoms with van der Waals surface area (Å²) in [5.74, 6) is -1.95. The Bertz CT molecular complexity index is 636. The van der Waals surface area contributed by atoms with Crippen LogP contribution < -0.4 is 10.6 Å². The minimum absolute atomic E-state index is 0.0648. The highest BCUT2D eigenvalue weighted by molar-refractivity contribution is 7.80. The zero-order valence-corrected chi connectivity index (χ0v) is 16.1. The highest BCUT2D eigenvalue weighted by atomic mass is 35.6. The van der Waals surface area contributed by atoms with Crippen LogP contribution in [-0.4, -0.2) is 32.3 Å². The lowest BCUT2D eigenvalue weighted by molar-refractivity contribution is -0.163. The molecule has 1 heterocycles. The predicted molar refractivity (Wildman–Crippen MR) is 98.2 cm³/mol. The van der Waals surface area contributed by atoms with Gasteiger partial charge in [-0.05, 0) is 31.6 Å². The molecule has 132 valence electrons. The summed E-state index contributed by atoms with van der Waals surface area (Å²) in [5.41, 5.74) is -0.489. The zero-order chi connectivity index (χ0) is 18.1. The molecule has 0 bridgehead atoms. The Kier molecular flexibility index (Phi) is 5.87. The lowest BCUT2D eigenvalue weighted by atomic mass is 9.83. The van der Waals surface area contributed by atoms with Gasteiger partial charge in [-0.2, -0.15) is 0 Å². The lowest BCUT2D eigenvalue weighted by Gasteiger charge is -2.48. The molecule has 3 N–H and O–H groups in total. The van der Waals surface area contributed by atoms with Crippen LogP contribution in [0.25, 0.3) is 0 Å². The van der Waals surface area contributed by atoms with Crippen molar-refractivity contribution in [1.82, 2.24) is 10.6 Å². The minimum atomic E-state index is -2.23. The number of carbonyl (C=O) groups excluding carboxylic acids is 1. The van der Waals surface area contributed by atoms with Crippen molar-refractivity contribution in [2.75, 3.05) is 6.61 Å². The van der Waals surface area contributed by atoms with Crippen LogP contribution in [0, 0.1) is 12.8 Å². The summed E-state index contributed by atoms with van der Waals surface area (Å²) in [6.07, 6.45) is 0. The number of hydrogen-bond donors (Lipinski definition) is 3. The van der Waals surface area contributed by atoms with E-state index < -0.39 is 27.4 Å². The first-order chi connectivity index (χ1) is 11.1. The fraction of sp³-hybridized carbons (Fsp3) is 0.467. The van der Waals surface area contributed by atoms with Crippen LogP contribution in [0.15, 0.2) is 24.3 Å². The molecule has 1 saturated heterocycles. The van der Waals surface area contributed by atoms with Crippen molar-refractivity contribution in [1.29, 1.82) is 0 Å². The molecule has 1 fully saturated rings. The molecule has 1 aliphatic heterocycles. The Morgan fingerprint density at radius 1 is 1.38 bits per heavy atom. The number of carbonyl (C=O) groups is 1. The first-order valence-electron chi connectivity index (χ1n) is 7.21. The summed E-state index contributed by atoms with van der Waals surface area (Å²) in [4.78, 5) is 12.5. The van der Waals surface area contributed by atoms with E-state index in [1.165, 1.54) is 0 Å². The van der Waals surface area contributed by atoms with E-state index >= 15 is 0 Å². The number of esters is 1. The number of ether oxygens (including phenoxy) is 1. The molecule has 0 saturated carbocycles. The number of benzene rings is 1. The molecule has 0 amide bonds. The molecular formula is C15H17Cl3N2O3S. The van der Waals surface area contributed by atoms with Crippen molar-refractivity contribution in [3.05, 3.63) is 35.4 Å². The fourth-order valence-corrected chi connectivity index (χ4v) is 3.37. The predicted octanol–water partition coefficient (Wildman–Crippen LogP) is 2.75. The van der Waals surface area contributed by atoms with Gasteiger partial charge in [0, 0.05) is 0 Å². The number of nitrogens with one attached hydrogen (secondary N) is 2. The van der Waals surface area contributed by atoms with E-state index in [1.807, 2.05) is 31.2 Å². The van der Waals surface area contributed by atoms with Crippen molar-refractivity contribution in [3.8, 4) is 0 Å². The van der Waals surface area contributed by atoms with Crippen molar-refractivity contribution >= 4 is 58.1 Å². The number of alkyl halides is 3. The van der Waals surface area contributed by atoms with Crippen molar-refractivity contribution in [3.63, 3.8) is 0 Å². The molecule has 24 heavy (non-hydrogen) atoms. The average Bonchev–Trinajstić information content (AvgIpc) is 2.46. The highest BCUT2D eigenvalue weighted by Crippen LogP contribution is 2.47. The first-order valence-corrected chi connectivity index (χ1v) is 8.75. The second-order valence-corrected chi connectivity index (χ2v) is 8.17. The van der Waals surface area contributed by atoms with Gasteiger partial charge in [0.15, 0.2) is 5.11 Å². The van der Waals surface area contributed by atoms with E-state index in [2.05, 4.69) is 10.6 Å². The molecule has 9 heteroatoms. The Labute approximate surface area is 160 Å². The van der Waals surface area contributed by atoms with E-state index in [0.717, 1.165) is 5.56 Å². The van der Waals surface area contributed by atoms with Gasteiger partial charge in [0.2, 0.25) is 9.52 Å². The van der Waals surface area contributed by atoms with Crippen molar-refractivity contribution < 1.29 is 14.6 Å². The number of hydrogen-bond acceptors (Lipinski definition) is 4. The molecule has 1 aromatic rings. The average molecular weight is 412 g/mol. The molecule has 1 aromatic carbocycles. The van der Waals surface area contributed by atoms with Crippen LogP contribution >= 0.6 is 47.0 Å². The Hall–Kier alpha value is -0.790. The van der Waals surface area contributed by atoms with Crippen LogP contribution in [-0.2, 0) is 9.53 Å². The van der Waals surface area contributed by atoms with Gasteiger partial charge in [-0.15, -0.1) is 0 Å². The summed E-state index contributed by atoms with van der Waals surface area (Å²) in [6, 6.07) is 6.65. The third-order valence-electron chi connectivity index (χ3n) is 3.78. The van der Waals surface area contributed by atoms with E-state index in [9.17, 15) is 9.90 Å². The molecule has 1 aliphatic rings. The van der Waals surface area contributed by atoms with Crippen LogP contribution in [0.5, 0.6) is 0 Å². The highest BCUT2D eigenvalue weighted by Gasteiger charge is 2.62. The van der Waals surface area contributed by atoms with Gasteiger partial charge in [0.25, 0.3) is 0 Å². The lowest BCUT2D eigenvalue weighted by Crippen LogP contribution is -2.72. The SMILES string of the molecule is CCOC(=O)[C@@H]1[C@@H](c2ccc(C)cc2)NC(=S)N[C@@]1(O)C(Cl)(Cl)Cl. The van der Waals surface area contributed by atoms with Crippen LogP contribution in [0.2, 0.25) is 0 Å². The van der Waals surface area contributed by atoms with Gasteiger partial charge in [0.1, 0.15) is 5.92 Å². The fourth-order valence-electron chi connectivity index (χ4n) is 2.59. The number of rotatable bonds is 3. The van der Waals surface area contributed by atoms with Crippen molar-refractivity contribution in [2.24, 2.45) is 5.92 Å². The number of aliphatic hydroxyl groups is 1. The second kappa shape index (κ2) is 7.22. The van der Waals surface area contributed by atoms with E-state index in [-0.39, 0.29) is 11.7 Å². The normalized spacial score (nSPS) is 27.2. The number of halogens is 3. The summed E-state index contributed by atoms with van der Waals surface area (Å²) in [6.45, 7) is 3.71. The molecule has 0 aromatic heterocycles. The topological polar surface area (TPSA) is 70.6 Å². The summed E-state index contributed by atoms with van der Waals surface area (Å²) in [7, 11) is 0. The van der Waals surface area contributed by atoms with Crippen LogP contribution in [0.1, 0.15) is 24.1 Å². The van der Waals surface area contributed by atoms with Crippen LogP contribution in [0.3, 0.4) is 0 Å². The van der Waals surface area contributed by atoms with E-state index in [1.54, 1.807) is 6.92 Å². The maximum absolute atomic E-state index is 12.5. The second-order valence-electron chi connectivity index (χ2n) is 5.48. The maximum atomic E-state index is 12.5. The number of aryl methyl sites for hydroxylation is 1. The molecular weight excluding hydrogens is 395 g/mol. The molecule has 0 unspecified atom stereocenters. The maximum Gasteiger partial charge on any atom is 0.316 e. The molecule has 0 spiro atoms. The van der Waals surface area contributed by atoms with Gasteiger partial charge < -0.3 is 20.5 Å². The van der Waals surface area contributed by atoms with Gasteiger partial charge in [0.05, 0.1) is 12.6 Å². The molecule has 2 rings (SSSR count). The zero-order valence-electron chi connectivity index (χ0n) is 13.0. The third kappa shape index (κ3) is 3.73.